The fraction of sp³-hybridized carbons (Fsp3) is 0.188. The molecule has 0 amide bonds. The SMILES string of the molecule is Nc1ccc(C2CCC(=O)c3ccccc32)cc1. The van der Waals surface area contributed by atoms with Crippen molar-refractivity contribution in [3.8, 4) is 0 Å². The van der Waals surface area contributed by atoms with Gasteiger partial charge in [0.1, 0.15) is 0 Å². The summed E-state index contributed by atoms with van der Waals surface area (Å²) >= 11 is 0. The van der Waals surface area contributed by atoms with Crippen molar-refractivity contribution in [1.82, 2.24) is 0 Å². The number of nitrogens with two attached hydrogens (primary N) is 1. The highest BCUT2D eigenvalue weighted by Gasteiger charge is 2.25. The zero-order valence-corrected chi connectivity index (χ0v) is 10.1. The Hall–Kier alpha value is -2.09. The molecular formula is C16H15NO. The molecular weight excluding hydrogens is 222 g/mol. The molecule has 0 radical (unpaired) electrons. The Bertz CT molecular complexity index is 586. The van der Waals surface area contributed by atoms with Gasteiger partial charge in [0.05, 0.1) is 0 Å². The van der Waals surface area contributed by atoms with Crippen molar-refractivity contribution in [2.45, 2.75) is 18.8 Å². The van der Waals surface area contributed by atoms with Crippen molar-refractivity contribution < 1.29 is 4.79 Å². The summed E-state index contributed by atoms with van der Waals surface area (Å²) in [5, 5.41) is 0. The molecule has 0 saturated carbocycles. The van der Waals surface area contributed by atoms with Crippen LogP contribution in [0.5, 0.6) is 0 Å². The van der Waals surface area contributed by atoms with E-state index in [0.29, 0.717) is 12.3 Å². The molecule has 2 nitrogen and oxygen atoms in total. The predicted octanol–water partition coefficient (Wildman–Crippen LogP) is 3.38. The van der Waals surface area contributed by atoms with Gasteiger partial charge in [-0.25, -0.2) is 0 Å². The number of anilines is 1. The Kier molecular flexibility index (Phi) is 2.63. The number of benzene rings is 2. The largest absolute Gasteiger partial charge is 0.399 e. The van der Waals surface area contributed by atoms with Crippen molar-refractivity contribution in [3.63, 3.8) is 0 Å². The maximum absolute atomic E-state index is 11.9. The standard InChI is InChI=1S/C16H15NO/c17-12-7-5-11(6-8-12)13-9-10-16(18)15-4-2-1-3-14(13)15/h1-8,13H,9-10,17H2. The van der Waals surface area contributed by atoms with Gasteiger partial charge in [-0.05, 0) is 29.7 Å². The van der Waals surface area contributed by atoms with Crippen LogP contribution >= 0.6 is 0 Å². The number of carbonyl (C=O) groups is 1. The van der Waals surface area contributed by atoms with E-state index in [1.54, 1.807) is 0 Å². The summed E-state index contributed by atoms with van der Waals surface area (Å²) in [6.07, 6.45) is 1.52. The van der Waals surface area contributed by atoms with Gasteiger partial charge in [-0.1, -0.05) is 36.4 Å². The number of fused-ring (bicyclic) bond motifs is 1. The van der Waals surface area contributed by atoms with E-state index in [-0.39, 0.29) is 5.78 Å². The van der Waals surface area contributed by atoms with Crippen LogP contribution in [0.2, 0.25) is 0 Å². The number of hydrogen-bond donors (Lipinski definition) is 1. The second-order valence-corrected chi connectivity index (χ2v) is 4.77. The smallest absolute Gasteiger partial charge is 0.163 e. The molecule has 18 heavy (non-hydrogen) atoms. The van der Waals surface area contributed by atoms with Crippen molar-refractivity contribution in [2.24, 2.45) is 0 Å². The topological polar surface area (TPSA) is 43.1 Å². The third-order valence-electron chi connectivity index (χ3n) is 3.64. The highest BCUT2D eigenvalue weighted by molar-refractivity contribution is 5.99. The normalized spacial score (nSPS) is 18.4. The van der Waals surface area contributed by atoms with Crippen LogP contribution in [0.1, 0.15) is 40.2 Å². The van der Waals surface area contributed by atoms with Crippen molar-refractivity contribution >= 4 is 11.5 Å². The molecule has 2 aromatic rings. The van der Waals surface area contributed by atoms with Crippen molar-refractivity contribution in [3.05, 3.63) is 65.2 Å². The zero-order valence-electron chi connectivity index (χ0n) is 10.1. The number of carbonyl (C=O) groups excluding carboxylic acids is 1. The number of Topliss-reactive ketones (excluding diaryl/α,β-unsaturated/α-hetero) is 1. The molecule has 1 atom stereocenters. The van der Waals surface area contributed by atoms with E-state index in [1.165, 1.54) is 5.56 Å². The van der Waals surface area contributed by atoms with E-state index in [2.05, 4.69) is 18.2 Å². The minimum absolute atomic E-state index is 0.261. The van der Waals surface area contributed by atoms with Gasteiger partial charge in [-0.15, -0.1) is 0 Å². The molecule has 2 N–H and O–H groups in total. The fourth-order valence-electron chi connectivity index (χ4n) is 2.69. The molecule has 0 fully saturated rings. The first-order chi connectivity index (χ1) is 8.75. The van der Waals surface area contributed by atoms with Gasteiger partial charge in [0.15, 0.2) is 5.78 Å². The number of hydrogen-bond acceptors (Lipinski definition) is 2. The average molecular weight is 237 g/mol. The van der Waals surface area contributed by atoms with Gasteiger partial charge in [0.25, 0.3) is 0 Å². The van der Waals surface area contributed by atoms with Gasteiger partial charge < -0.3 is 5.73 Å². The molecule has 0 saturated heterocycles. The lowest BCUT2D eigenvalue weighted by atomic mass is 9.78. The molecule has 2 heteroatoms. The number of nitrogen functional groups attached to an aromatic ring is 1. The Labute approximate surface area is 106 Å². The second-order valence-electron chi connectivity index (χ2n) is 4.77. The lowest BCUT2D eigenvalue weighted by Crippen LogP contribution is -2.16. The van der Waals surface area contributed by atoms with Crippen LogP contribution in [0.15, 0.2) is 48.5 Å². The molecule has 2 aromatic carbocycles. The summed E-state index contributed by atoms with van der Waals surface area (Å²) in [6, 6.07) is 15.9. The van der Waals surface area contributed by atoms with E-state index in [0.717, 1.165) is 23.2 Å². The molecule has 1 aliphatic rings. The van der Waals surface area contributed by atoms with Crippen LogP contribution in [0.4, 0.5) is 5.69 Å². The van der Waals surface area contributed by atoms with Gasteiger partial charge in [0.2, 0.25) is 0 Å². The predicted molar refractivity (Wildman–Crippen MR) is 72.7 cm³/mol. The molecule has 1 aliphatic carbocycles. The maximum atomic E-state index is 11.9. The highest BCUT2D eigenvalue weighted by atomic mass is 16.1. The van der Waals surface area contributed by atoms with Crippen LogP contribution in [-0.2, 0) is 0 Å². The Balaban J connectivity index is 2.07. The van der Waals surface area contributed by atoms with Gasteiger partial charge in [-0.3, -0.25) is 4.79 Å². The third-order valence-corrected chi connectivity index (χ3v) is 3.64. The second kappa shape index (κ2) is 4.30. The van der Waals surface area contributed by atoms with Gasteiger partial charge >= 0.3 is 0 Å². The zero-order chi connectivity index (χ0) is 12.5. The lowest BCUT2D eigenvalue weighted by molar-refractivity contribution is 0.0969. The number of ketones is 1. The lowest BCUT2D eigenvalue weighted by Gasteiger charge is -2.25. The van der Waals surface area contributed by atoms with Crippen molar-refractivity contribution in [2.75, 3.05) is 5.73 Å². The van der Waals surface area contributed by atoms with Crippen LogP contribution in [0, 0.1) is 0 Å². The monoisotopic (exact) mass is 237 g/mol. The molecule has 3 rings (SSSR count). The van der Waals surface area contributed by atoms with Gasteiger partial charge in [-0.2, -0.15) is 0 Å². The average Bonchev–Trinajstić information content (AvgIpc) is 2.41. The summed E-state index contributed by atoms with van der Waals surface area (Å²) < 4.78 is 0. The minimum atomic E-state index is 0.261. The van der Waals surface area contributed by atoms with Gasteiger partial charge in [0, 0.05) is 23.6 Å². The molecule has 0 spiro atoms. The van der Waals surface area contributed by atoms with E-state index < -0.39 is 0 Å². The van der Waals surface area contributed by atoms with Crippen molar-refractivity contribution in [1.29, 1.82) is 0 Å². The Morgan fingerprint density at radius 1 is 1.00 bits per heavy atom. The molecule has 1 unspecified atom stereocenters. The summed E-state index contributed by atoms with van der Waals surface area (Å²) in [6.45, 7) is 0. The fourth-order valence-corrected chi connectivity index (χ4v) is 2.69. The molecule has 0 aliphatic heterocycles. The first-order valence-corrected chi connectivity index (χ1v) is 6.23. The van der Waals surface area contributed by atoms with E-state index in [4.69, 9.17) is 5.73 Å². The van der Waals surface area contributed by atoms with Crippen LogP contribution < -0.4 is 5.73 Å². The van der Waals surface area contributed by atoms with Crippen LogP contribution in [-0.4, -0.2) is 5.78 Å². The van der Waals surface area contributed by atoms with Crippen LogP contribution in [0.25, 0.3) is 0 Å². The first kappa shape index (κ1) is 11.0. The summed E-state index contributed by atoms with van der Waals surface area (Å²) in [5.74, 6) is 0.580. The first-order valence-electron chi connectivity index (χ1n) is 6.23. The third kappa shape index (κ3) is 1.80. The summed E-state index contributed by atoms with van der Waals surface area (Å²) in [4.78, 5) is 11.9. The maximum Gasteiger partial charge on any atom is 0.163 e. The summed E-state index contributed by atoms with van der Waals surface area (Å²) in [7, 11) is 0. The Morgan fingerprint density at radius 3 is 2.50 bits per heavy atom. The highest BCUT2D eigenvalue weighted by Crippen LogP contribution is 2.36. The minimum Gasteiger partial charge on any atom is -0.399 e. The quantitative estimate of drug-likeness (QED) is 0.773. The van der Waals surface area contributed by atoms with Crippen LogP contribution in [0.3, 0.4) is 0 Å². The van der Waals surface area contributed by atoms with E-state index >= 15 is 0 Å². The summed E-state index contributed by atoms with van der Waals surface area (Å²) in [5.41, 5.74) is 9.77. The Morgan fingerprint density at radius 2 is 1.72 bits per heavy atom. The molecule has 0 aromatic heterocycles. The van der Waals surface area contributed by atoms with E-state index in [1.807, 2.05) is 30.3 Å². The van der Waals surface area contributed by atoms with E-state index in [9.17, 15) is 4.79 Å². The molecule has 90 valence electrons. The number of rotatable bonds is 1. The molecule has 0 heterocycles. The molecule has 0 bridgehead atoms.